The van der Waals surface area contributed by atoms with E-state index in [0.29, 0.717) is 23.1 Å². The van der Waals surface area contributed by atoms with Crippen molar-refractivity contribution in [1.29, 1.82) is 0 Å². The molecule has 20 heavy (non-hydrogen) atoms. The van der Waals surface area contributed by atoms with Gasteiger partial charge in [-0.2, -0.15) is 0 Å². The predicted octanol–water partition coefficient (Wildman–Crippen LogP) is 2.68. The average molecular weight is 277 g/mol. The molecule has 0 aliphatic heterocycles. The van der Waals surface area contributed by atoms with Gasteiger partial charge in [-0.05, 0) is 18.4 Å². The molecule has 6 heteroatoms. The highest BCUT2D eigenvalue weighted by Gasteiger charge is 2.19. The maximum absolute atomic E-state index is 13.1. The molecule has 0 spiro atoms. The number of hydrogen-bond donors (Lipinski definition) is 2. The lowest BCUT2D eigenvalue weighted by atomic mass is 10.0. The van der Waals surface area contributed by atoms with Gasteiger partial charge in [-0.15, -0.1) is 0 Å². The number of carboxylic acids is 1. The first kappa shape index (κ1) is 14.2. The fraction of sp³-hybridized carbons (Fsp3) is 0.357. The molecule has 0 saturated carbocycles. The Kier molecular flexibility index (Phi) is 4.12. The van der Waals surface area contributed by atoms with Gasteiger partial charge in [0.2, 0.25) is 0 Å². The fourth-order valence-corrected chi connectivity index (χ4v) is 2.00. The molecule has 2 aromatic rings. The van der Waals surface area contributed by atoms with E-state index in [-0.39, 0.29) is 5.92 Å². The van der Waals surface area contributed by atoms with Crippen LogP contribution in [0.1, 0.15) is 20.3 Å². The molecule has 106 valence electrons. The normalized spacial score (nSPS) is 12.6. The van der Waals surface area contributed by atoms with Crippen LogP contribution in [-0.2, 0) is 4.79 Å². The monoisotopic (exact) mass is 277 g/mol. The number of aromatic nitrogens is 2. The molecule has 2 N–H and O–H groups in total. The van der Waals surface area contributed by atoms with E-state index >= 15 is 0 Å². The van der Waals surface area contributed by atoms with Crippen molar-refractivity contribution in [3.05, 3.63) is 30.3 Å². The molecule has 0 amide bonds. The highest BCUT2D eigenvalue weighted by Crippen LogP contribution is 2.21. The van der Waals surface area contributed by atoms with Crippen LogP contribution >= 0.6 is 0 Å². The third-order valence-corrected chi connectivity index (χ3v) is 2.88. The number of hydrogen-bond acceptors (Lipinski definition) is 4. The summed E-state index contributed by atoms with van der Waals surface area (Å²) in [6.07, 6.45) is 3.08. The van der Waals surface area contributed by atoms with Gasteiger partial charge in [0.25, 0.3) is 0 Å². The Labute approximate surface area is 115 Å². The Morgan fingerprint density at radius 1 is 1.45 bits per heavy atom. The quantitative estimate of drug-likeness (QED) is 0.878. The van der Waals surface area contributed by atoms with Crippen molar-refractivity contribution in [2.75, 3.05) is 5.32 Å². The van der Waals surface area contributed by atoms with Gasteiger partial charge in [-0.1, -0.05) is 13.8 Å². The van der Waals surface area contributed by atoms with Crippen molar-refractivity contribution in [3.8, 4) is 0 Å². The molecule has 0 aromatic carbocycles. The number of carbonyl (C=O) groups is 1. The van der Waals surface area contributed by atoms with Gasteiger partial charge in [0.15, 0.2) is 0 Å². The zero-order valence-electron chi connectivity index (χ0n) is 11.3. The molecule has 0 unspecified atom stereocenters. The summed E-state index contributed by atoms with van der Waals surface area (Å²) in [5, 5.41) is 12.2. The molecule has 0 aliphatic rings. The molecule has 2 rings (SSSR count). The Morgan fingerprint density at radius 3 is 2.85 bits per heavy atom. The van der Waals surface area contributed by atoms with Crippen molar-refractivity contribution in [2.24, 2.45) is 5.92 Å². The highest BCUT2D eigenvalue weighted by molar-refractivity contribution is 5.89. The Bertz CT molecular complexity index is 631. The number of nitrogens with zero attached hydrogens (tertiary/aromatic N) is 2. The maximum atomic E-state index is 13.1. The van der Waals surface area contributed by atoms with Crippen LogP contribution in [0.3, 0.4) is 0 Å². The molecular formula is C14H16FN3O2. The number of fused-ring (bicyclic) bond motifs is 1. The third kappa shape index (κ3) is 3.20. The number of halogens is 1. The lowest BCUT2D eigenvalue weighted by Crippen LogP contribution is -2.30. The van der Waals surface area contributed by atoms with E-state index in [1.165, 1.54) is 12.3 Å². The van der Waals surface area contributed by atoms with Crippen LogP contribution in [0.15, 0.2) is 24.5 Å². The Hall–Kier alpha value is -2.24. The summed E-state index contributed by atoms with van der Waals surface area (Å²) < 4.78 is 13.1. The standard InChI is InChI=1S/C14H16FN3O2/c1-8(2)5-12(14(19)20)18-10-3-4-16-11-6-9(15)7-17-13(10)11/h3-4,6-8,12H,5H2,1-2H3,(H,16,18)(H,19,20)/t12-/m0/s1. The molecule has 2 heterocycles. The van der Waals surface area contributed by atoms with Gasteiger partial charge in [0.1, 0.15) is 17.4 Å². The number of aliphatic carboxylic acids is 1. The first-order chi connectivity index (χ1) is 9.47. The number of rotatable bonds is 5. The number of nitrogens with one attached hydrogen (secondary N) is 1. The van der Waals surface area contributed by atoms with Crippen molar-refractivity contribution < 1.29 is 14.3 Å². The fourth-order valence-electron chi connectivity index (χ4n) is 2.00. The van der Waals surface area contributed by atoms with Crippen LogP contribution in [0, 0.1) is 11.7 Å². The van der Waals surface area contributed by atoms with Gasteiger partial charge < -0.3 is 10.4 Å². The second-order valence-corrected chi connectivity index (χ2v) is 5.04. The molecule has 0 saturated heterocycles. The van der Waals surface area contributed by atoms with Gasteiger partial charge >= 0.3 is 5.97 Å². The van der Waals surface area contributed by atoms with Gasteiger partial charge in [0, 0.05) is 12.3 Å². The van der Waals surface area contributed by atoms with Crippen LogP contribution in [-0.4, -0.2) is 27.1 Å². The largest absolute Gasteiger partial charge is 0.480 e. The topological polar surface area (TPSA) is 75.1 Å². The van der Waals surface area contributed by atoms with E-state index in [0.717, 1.165) is 6.20 Å². The molecule has 0 fully saturated rings. The summed E-state index contributed by atoms with van der Waals surface area (Å²) in [5.74, 6) is -1.16. The Balaban J connectivity index is 2.34. The molecular weight excluding hydrogens is 261 g/mol. The molecule has 0 radical (unpaired) electrons. The predicted molar refractivity (Wildman–Crippen MR) is 74.0 cm³/mol. The average Bonchev–Trinajstić information content (AvgIpc) is 2.37. The first-order valence-electron chi connectivity index (χ1n) is 6.37. The van der Waals surface area contributed by atoms with E-state index in [4.69, 9.17) is 0 Å². The first-order valence-corrected chi connectivity index (χ1v) is 6.37. The minimum atomic E-state index is -0.925. The summed E-state index contributed by atoms with van der Waals surface area (Å²) in [6.45, 7) is 3.91. The number of carboxylic acid groups (broad SMARTS) is 1. The zero-order chi connectivity index (χ0) is 14.7. The van der Waals surface area contributed by atoms with Crippen LogP contribution < -0.4 is 5.32 Å². The van der Waals surface area contributed by atoms with Gasteiger partial charge in [-0.3, -0.25) is 4.98 Å². The van der Waals surface area contributed by atoms with Crippen LogP contribution in [0.4, 0.5) is 10.1 Å². The zero-order valence-corrected chi connectivity index (χ0v) is 11.3. The maximum Gasteiger partial charge on any atom is 0.326 e. The lowest BCUT2D eigenvalue weighted by molar-refractivity contribution is -0.138. The third-order valence-electron chi connectivity index (χ3n) is 2.88. The van der Waals surface area contributed by atoms with Crippen molar-refractivity contribution in [3.63, 3.8) is 0 Å². The molecule has 0 bridgehead atoms. The Morgan fingerprint density at radius 2 is 2.20 bits per heavy atom. The van der Waals surface area contributed by atoms with Crippen molar-refractivity contribution in [1.82, 2.24) is 9.97 Å². The van der Waals surface area contributed by atoms with Crippen LogP contribution in [0.2, 0.25) is 0 Å². The minimum absolute atomic E-state index is 0.238. The lowest BCUT2D eigenvalue weighted by Gasteiger charge is -2.18. The number of pyridine rings is 2. The second-order valence-electron chi connectivity index (χ2n) is 5.04. The molecule has 1 atom stereocenters. The molecule has 0 aliphatic carbocycles. The summed E-state index contributed by atoms with van der Waals surface area (Å²) >= 11 is 0. The smallest absolute Gasteiger partial charge is 0.326 e. The summed E-state index contributed by atoms with van der Waals surface area (Å²) in [6, 6.07) is 2.20. The van der Waals surface area contributed by atoms with Crippen LogP contribution in [0.5, 0.6) is 0 Å². The van der Waals surface area contributed by atoms with E-state index in [9.17, 15) is 14.3 Å². The van der Waals surface area contributed by atoms with E-state index in [1.807, 2.05) is 13.8 Å². The van der Waals surface area contributed by atoms with E-state index in [1.54, 1.807) is 6.07 Å². The SMILES string of the molecule is CC(C)C[C@H](Nc1ccnc2cc(F)cnc12)C(=O)O. The summed E-state index contributed by atoms with van der Waals surface area (Å²) in [4.78, 5) is 19.3. The van der Waals surface area contributed by atoms with Crippen molar-refractivity contribution >= 4 is 22.7 Å². The van der Waals surface area contributed by atoms with E-state index in [2.05, 4.69) is 15.3 Å². The highest BCUT2D eigenvalue weighted by atomic mass is 19.1. The molecule has 5 nitrogen and oxygen atoms in total. The summed E-state index contributed by atoms with van der Waals surface area (Å²) in [5.41, 5.74) is 1.40. The van der Waals surface area contributed by atoms with Gasteiger partial charge in [-0.25, -0.2) is 14.2 Å². The second kappa shape index (κ2) is 5.81. The van der Waals surface area contributed by atoms with Crippen molar-refractivity contribution in [2.45, 2.75) is 26.3 Å². The van der Waals surface area contributed by atoms with Gasteiger partial charge in [0.05, 0.1) is 17.4 Å². The number of anilines is 1. The van der Waals surface area contributed by atoms with E-state index < -0.39 is 17.8 Å². The minimum Gasteiger partial charge on any atom is -0.480 e. The summed E-state index contributed by atoms with van der Waals surface area (Å²) in [7, 11) is 0. The van der Waals surface area contributed by atoms with Crippen LogP contribution in [0.25, 0.3) is 11.0 Å². The molecule has 2 aromatic heterocycles.